The van der Waals surface area contributed by atoms with Crippen molar-refractivity contribution < 1.29 is 27.4 Å². The molecule has 0 amide bonds. The molecule has 20 heavy (non-hydrogen) atoms. The largest absolute Gasteiger partial charge is 0.573 e. The number of rotatable bonds is 6. The molecule has 1 aromatic carbocycles. The molecular formula is C13H16F3NO3. The molecule has 1 atom stereocenters. The molecule has 0 saturated carbocycles. The Morgan fingerprint density at radius 1 is 1.40 bits per heavy atom. The van der Waals surface area contributed by atoms with E-state index in [1.54, 1.807) is 20.0 Å². The summed E-state index contributed by atoms with van der Waals surface area (Å²) in [4.78, 5) is 11.4. The molecule has 4 nitrogen and oxygen atoms in total. The minimum Gasteiger partial charge on any atom is -0.466 e. The quantitative estimate of drug-likeness (QED) is 0.819. The first-order valence-electron chi connectivity index (χ1n) is 6.04. The van der Waals surface area contributed by atoms with Gasteiger partial charge in [0.05, 0.1) is 13.0 Å². The molecule has 0 aliphatic heterocycles. The number of benzene rings is 1. The molecule has 0 aromatic heterocycles. The molecule has 112 valence electrons. The highest BCUT2D eigenvalue weighted by Gasteiger charge is 2.31. The van der Waals surface area contributed by atoms with Crippen molar-refractivity contribution in [2.45, 2.75) is 25.7 Å². The number of esters is 1. The van der Waals surface area contributed by atoms with Crippen LogP contribution in [0, 0.1) is 0 Å². The van der Waals surface area contributed by atoms with E-state index in [1.807, 2.05) is 0 Å². The minimum atomic E-state index is -4.74. The predicted molar refractivity (Wildman–Crippen MR) is 66.2 cm³/mol. The van der Waals surface area contributed by atoms with Gasteiger partial charge in [0.15, 0.2) is 0 Å². The monoisotopic (exact) mass is 291 g/mol. The van der Waals surface area contributed by atoms with Crippen molar-refractivity contribution in [2.24, 2.45) is 0 Å². The molecule has 0 fully saturated rings. The fourth-order valence-electron chi connectivity index (χ4n) is 1.70. The lowest BCUT2D eigenvalue weighted by Gasteiger charge is -2.17. The van der Waals surface area contributed by atoms with Gasteiger partial charge >= 0.3 is 12.3 Å². The lowest BCUT2D eigenvalue weighted by atomic mass is 10.0. The molecule has 1 N–H and O–H groups in total. The molecule has 1 unspecified atom stereocenters. The topological polar surface area (TPSA) is 47.6 Å². The summed E-state index contributed by atoms with van der Waals surface area (Å²) in [7, 11) is 1.61. The highest BCUT2D eigenvalue weighted by Crippen LogP contribution is 2.26. The van der Waals surface area contributed by atoms with Crippen LogP contribution in [0.25, 0.3) is 0 Å². The maximum Gasteiger partial charge on any atom is 0.573 e. The Labute approximate surface area is 114 Å². The zero-order valence-corrected chi connectivity index (χ0v) is 11.2. The smallest absolute Gasteiger partial charge is 0.466 e. The van der Waals surface area contributed by atoms with Crippen molar-refractivity contribution in [2.75, 3.05) is 13.7 Å². The van der Waals surface area contributed by atoms with Gasteiger partial charge in [-0.2, -0.15) is 0 Å². The Balaban J connectivity index is 2.82. The van der Waals surface area contributed by atoms with E-state index < -0.39 is 18.4 Å². The SMILES string of the molecule is CCOC(=O)CC(NC)c1cccc(OC(F)(F)F)c1. The second-order valence-electron chi connectivity index (χ2n) is 3.97. The number of carbonyl (C=O) groups is 1. The van der Waals surface area contributed by atoms with Crippen LogP contribution in [0.4, 0.5) is 13.2 Å². The van der Waals surface area contributed by atoms with E-state index in [-0.39, 0.29) is 18.8 Å². The van der Waals surface area contributed by atoms with Crippen LogP contribution in [0.2, 0.25) is 0 Å². The summed E-state index contributed by atoms with van der Waals surface area (Å²) in [5.74, 6) is -0.742. The molecular weight excluding hydrogens is 275 g/mol. The zero-order chi connectivity index (χ0) is 15.2. The first-order chi connectivity index (χ1) is 9.35. The highest BCUT2D eigenvalue weighted by molar-refractivity contribution is 5.70. The van der Waals surface area contributed by atoms with Crippen LogP contribution in [-0.4, -0.2) is 26.0 Å². The van der Waals surface area contributed by atoms with Gasteiger partial charge in [0.1, 0.15) is 5.75 Å². The average molecular weight is 291 g/mol. The number of alkyl halides is 3. The number of nitrogens with one attached hydrogen (secondary N) is 1. The van der Waals surface area contributed by atoms with Crippen molar-refractivity contribution in [3.05, 3.63) is 29.8 Å². The Hall–Kier alpha value is -1.76. The number of hydrogen-bond acceptors (Lipinski definition) is 4. The molecule has 0 bridgehead atoms. The third-order valence-corrected chi connectivity index (χ3v) is 2.52. The third-order valence-electron chi connectivity index (χ3n) is 2.52. The van der Waals surface area contributed by atoms with E-state index in [4.69, 9.17) is 4.74 Å². The van der Waals surface area contributed by atoms with E-state index >= 15 is 0 Å². The maximum atomic E-state index is 12.2. The van der Waals surface area contributed by atoms with Crippen LogP contribution in [0.15, 0.2) is 24.3 Å². The van der Waals surface area contributed by atoms with Crippen molar-refractivity contribution >= 4 is 5.97 Å². The second-order valence-corrected chi connectivity index (χ2v) is 3.97. The van der Waals surface area contributed by atoms with Gasteiger partial charge in [0.25, 0.3) is 0 Å². The van der Waals surface area contributed by atoms with Crippen LogP contribution in [0.5, 0.6) is 5.75 Å². The second kappa shape index (κ2) is 7.14. The van der Waals surface area contributed by atoms with E-state index in [0.717, 1.165) is 0 Å². The molecule has 0 spiro atoms. The van der Waals surface area contributed by atoms with Gasteiger partial charge in [-0.3, -0.25) is 4.79 Å². The van der Waals surface area contributed by atoms with Crippen molar-refractivity contribution in [3.8, 4) is 5.75 Å². The Bertz CT molecular complexity index is 449. The number of hydrogen-bond donors (Lipinski definition) is 1. The van der Waals surface area contributed by atoms with Crippen molar-refractivity contribution in [1.82, 2.24) is 5.32 Å². The van der Waals surface area contributed by atoms with Crippen LogP contribution >= 0.6 is 0 Å². The Kier molecular flexibility index (Phi) is 5.82. The van der Waals surface area contributed by atoms with E-state index in [0.29, 0.717) is 5.56 Å². The maximum absolute atomic E-state index is 12.2. The summed E-state index contributed by atoms with van der Waals surface area (Å²) in [6.45, 7) is 1.94. The van der Waals surface area contributed by atoms with E-state index in [9.17, 15) is 18.0 Å². The van der Waals surface area contributed by atoms with Gasteiger partial charge in [0, 0.05) is 6.04 Å². The standard InChI is InChI=1S/C13H16F3NO3/c1-3-19-12(18)8-11(17-2)9-5-4-6-10(7-9)20-13(14,15)16/h4-7,11,17H,3,8H2,1-2H3. The minimum absolute atomic E-state index is 0.0276. The van der Waals surface area contributed by atoms with Gasteiger partial charge in [-0.1, -0.05) is 12.1 Å². The van der Waals surface area contributed by atoms with Gasteiger partial charge in [-0.15, -0.1) is 13.2 Å². The lowest BCUT2D eigenvalue weighted by molar-refractivity contribution is -0.274. The van der Waals surface area contributed by atoms with Crippen molar-refractivity contribution in [1.29, 1.82) is 0 Å². The van der Waals surface area contributed by atoms with Crippen LogP contribution < -0.4 is 10.1 Å². The summed E-state index contributed by atoms with van der Waals surface area (Å²) >= 11 is 0. The molecule has 1 rings (SSSR count). The number of carbonyl (C=O) groups excluding carboxylic acids is 1. The van der Waals surface area contributed by atoms with Crippen molar-refractivity contribution in [3.63, 3.8) is 0 Å². The summed E-state index contributed by atoms with van der Waals surface area (Å²) in [6.07, 6.45) is -4.71. The average Bonchev–Trinajstić information content (AvgIpc) is 2.34. The summed E-state index contributed by atoms with van der Waals surface area (Å²) in [5.41, 5.74) is 0.516. The normalized spacial score (nSPS) is 12.8. The molecule has 7 heteroatoms. The molecule has 0 aliphatic rings. The highest BCUT2D eigenvalue weighted by atomic mass is 19.4. The van der Waals surface area contributed by atoms with Gasteiger partial charge in [-0.25, -0.2) is 0 Å². The first-order valence-corrected chi connectivity index (χ1v) is 6.04. The van der Waals surface area contributed by atoms with Crippen LogP contribution in [0.1, 0.15) is 24.9 Å². The van der Waals surface area contributed by atoms with Crippen LogP contribution in [0.3, 0.4) is 0 Å². The van der Waals surface area contributed by atoms with Gasteiger partial charge in [-0.05, 0) is 31.7 Å². The van der Waals surface area contributed by atoms with E-state index in [2.05, 4.69) is 10.1 Å². The molecule has 1 aromatic rings. The van der Waals surface area contributed by atoms with Gasteiger partial charge in [0.2, 0.25) is 0 Å². The summed E-state index contributed by atoms with van der Waals surface area (Å²) in [6, 6.07) is 5.06. The Morgan fingerprint density at radius 3 is 2.65 bits per heavy atom. The first kappa shape index (κ1) is 16.3. The molecule has 0 aliphatic carbocycles. The molecule has 0 saturated heterocycles. The predicted octanol–water partition coefficient (Wildman–Crippen LogP) is 2.80. The number of halogens is 3. The lowest BCUT2D eigenvalue weighted by Crippen LogP contribution is -2.22. The fourth-order valence-corrected chi connectivity index (χ4v) is 1.70. The molecule has 0 radical (unpaired) electrons. The fraction of sp³-hybridized carbons (Fsp3) is 0.462. The van der Waals surface area contributed by atoms with Crippen LogP contribution in [-0.2, 0) is 9.53 Å². The molecule has 0 heterocycles. The third kappa shape index (κ3) is 5.48. The van der Waals surface area contributed by atoms with E-state index in [1.165, 1.54) is 18.2 Å². The summed E-state index contributed by atoms with van der Waals surface area (Å²) < 4.78 is 45.1. The van der Waals surface area contributed by atoms with Gasteiger partial charge < -0.3 is 14.8 Å². The summed E-state index contributed by atoms with van der Waals surface area (Å²) in [5, 5.41) is 2.86. The number of ether oxygens (including phenoxy) is 2. The zero-order valence-electron chi connectivity index (χ0n) is 11.2. The Morgan fingerprint density at radius 2 is 2.10 bits per heavy atom.